The van der Waals surface area contributed by atoms with Crippen LogP contribution in [-0.4, -0.2) is 0 Å². The summed E-state index contributed by atoms with van der Waals surface area (Å²) in [4.78, 5) is 0. The van der Waals surface area contributed by atoms with Gasteiger partial charge in [0.05, 0.1) is 28.2 Å². The van der Waals surface area contributed by atoms with Crippen molar-refractivity contribution in [3.05, 3.63) is 200 Å². The lowest BCUT2D eigenvalue weighted by molar-refractivity contribution is -0.771. The fraction of sp³-hybridized carbons (Fsp3) is 0.133. The summed E-state index contributed by atoms with van der Waals surface area (Å²) >= 11 is 0. The molecule has 5 aromatic heterocycles. The molecule has 2 atom stereocenters. The zero-order valence-corrected chi connectivity index (χ0v) is 36.2. The predicted molar refractivity (Wildman–Crippen MR) is 262 cm³/mol. The molecule has 0 spiro atoms. The molecule has 0 N–H and O–H groups in total. The standard InChI is InChI=1S/C60H46N2O2/c1-4-59(3)52-25-22-41(42-24-27-55-48(33-42)50-35-49-47-32-40(38-15-7-6-8-16-38)23-26-54(47)63-56(49)36-57(50)64-55)34-51(52)53-21-13-14-29-62(53)60(59,5-2)37-44-31-43-18-10-12-20-46(43)58-45-19-11-9-17-39(45)28-30-61(44)58/h6-36H,4-5,37H2,1-3H3/q+2. The van der Waals surface area contributed by atoms with Gasteiger partial charge >= 0.3 is 0 Å². The Morgan fingerprint density at radius 2 is 1.06 bits per heavy atom. The molecule has 1 aliphatic heterocycles. The first-order chi connectivity index (χ1) is 31.4. The van der Waals surface area contributed by atoms with Crippen LogP contribution in [0.15, 0.2) is 197 Å². The van der Waals surface area contributed by atoms with Gasteiger partial charge in [0.15, 0.2) is 23.6 Å². The Labute approximate surface area is 371 Å². The molecular formula is C60H46N2O2+2. The summed E-state index contributed by atoms with van der Waals surface area (Å²) in [5.41, 5.74) is 14.3. The summed E-state index contributed by atoms with van der Waals surface area (Å²) in [6, 6.07) is 64.4. The highest BCUT2D eigenvalue weighted by molar-refractivity contribution is 6.16. The second kappa shape index (κ2) is 13.7. The van der Waals surface area contributed by atoms with Crippen LogP contribution in [0.5, 0.6) is 0 Å². The van der Waals surface area contributed by atoms with Crippen LogP contribution >= 0.6 is 0 Å². The molecule has 0 radical (unpaired) electrons. The first-order valence-corrected chi connectivity index (χ1v) is 22.7. The molecule has 13 rings (SSSR count). The van der Waals surface area contributed by atoms with Gasteiger partial charge in [0.2, 0.25) is 11.2 Å². The largest absolute Gasteiger partial charge is 0.456 e. The number of fused-ring (bicyclic) bond motifs is 14. The average Bonchev–Trinajstić information content (AvgIpc) is 3.90. The van der Waals surface area contributed by atoms with Gasteiger partial charge in [-0.1, -0.05) is 105 Å². The molecular weight excluding hydrogens is 781 g/mol. The number of furan rings is 2. The van der Waals surface area contributed by atoms with E-state index in [1.807, 2.05) is 0 Å². The maximum absolute atomic E-state index is 6.51. The lowest BCUT2D eigenvalue weighted by Crippen LogP contribution is -2.70. The van der Waals surface area contributed by atoms with E-state index in [1.165, 1.54) is 71.8 Å². The van der Waals surface area contributed by atoms with E-state index < -0.39 is 0 Å². The van der Waals surface area contributed by atoms with Gasteiger partial charge < -0.3 is 8.83 Å². The third kappa shape index (κ3) is 5.17. The number of nitrogens with zero attached hydrogens (tertiary/aromatic N) is 2. The summed E-state index contributed by atoms with van der Waals surface area (Å²) in [6.07, 6.45) is 7.48. The number of hydrogen-bond acceptors (Lipinski definition) is 2. The third-order valence-electron chi connectivity index (χ3n) is 15.2. The van der Waals surface area contributed by atoms with Gasteiger partial charge in [-0.05, 0) is 107 Å². The lowest BCUT2D eigenvalue weighted by atomic mass is 9.58. The number of aromatic nitrogens is 2. The van der Waals surface area contributed by atoms with Crippen LogP contribution in [-0.2, 0) is 17.4 Å². The zero-order valence-electron chi connectivity index (χ0n) is 36.2. The van der Waals surface area contributed by atoms with E-state index in [4.69, 9.17) is 8.83 Å². The first kappa shape index (κ1) is 37.0. The Morgan fingerprint density at radius 1 is 0.453 bits per heavy atom. The molecule has 6 heterocycles. The molecule has 2 unspecified atom stereocenters. The predicted octanol–water partition coefficient (Wildman–Crippen LogP) is 14.8. The van der Waals surface area contributed by atoms with Crippen LogP contribution in [0, 0.1) is 0 Å². The fourth-order valence-corrected chi connectivity index (χ4v) is 11.7. The molecule has 12 aromatic rings. The van der Waals surface area contributed by atoms with Gasteiger partial charge in [-0.25, -0.2) is 0 Å². The van der Waals surface area contributed by atoms with E-state index in [0.717, 1.165) is 63.1 Å². The molecule has 7 aromatic carbocycles. The summed E-state index contributed by atoms with van der Waals surface area (Å²) in [5.74, 6) is 0. The van der Waals surface area contributed by atoms with Crippen molar-refractivity contribution in [3.8, 4) is 33.5 Å². The molecule has 0 aliphatic carbocycles. The highest BCUT2D eigenvalue weighted by atomic mass is 16.3. The van der Waals surface area contributed by atoms with Gasteiger partial charge in [-0.2, -0.15) is 8.97 Å². The molecule has 0 saturated heterocycles. The second-order valence-electron chi connectivity index (χ2n) is 18.1. The summed E-state index contributed by atoms with van der Waals surface area (Å²) in [7, 11) is 0. The summed E-state index contributed by atoms with van der Waals surface area (Å²) in [6.45, 7) is 7.30. The number of pyridine rings is 3. The molecule has 0 amide bonds. The van der Waals surface area contributed by atoms with Crippen molar-refractivity contribution in [2.75, 3.05) is 0 Å². The van der Waals surface area contributed by atoms with E-state index in [9.17, 15) is 0 Å². The van der Waals surface area contributed by atoms with Gasteiger partial charge in [0, 0.05) is 58.3 Å². The maximum Gasteiger partial charge on any atom is 0.226 e. The van der Waals surface area contributed by atoms with Gasteiger partial charge in [0.1, 0.15) is 22.3 Å². The number of hydrogen-bond donors (Lipinski definition) is 0. The van der Waals surface area contributed by atoms with Gasteiger partial charge in [-0.3, -0.25) is 0 Å². The molecule has 4 heteroatoms. The molecule has 1 aliphatic rings. The number of rotatable bonds is 6. The van der Waals surface area contributed by atoms with E-state index in [1.54, 1.807) is 0 Å². The Morgan fingerprint density at radius 3 is 1.78 bits per heavy atom. The highest BCUT2D eigenvalue weighted by Gasteiger charge is 2.60. The lowest BCUT2D eigenvalue weighted by Gasteiger charge is -2.47. The van der Waals surface area contributed by atoms with Crippen molar-refractivity contribution in [2.24, 2.45) is 0 Å². The van der Waals surface area contributed by atoms with E-state index >= 15 is 0 Å². The number of benzene rings is 7. The van der Waals surface area contributed by atoms with Crippen molar-refractivity contribution < 1.29 is 17.8 Å². The Bertz CT molecular complexity index is 3860. The van der Waals surface area contributed by atoms with Crippen LogP contribution in [0.4, 0.5) is 0 Å². The maximum atomic E-state index is 6.51. The van der Waals surface area contributed by atoms with E-state index in [-0.39, 0.29) is 11.0 Å². The first-order valence-electron chi connectivity index (χ1n) is 22.7. The van der Waals surface area contributed by atoms with E-state index in [2.05, 4.69) is 218 Å². The SMILES string of the molecule is CCC1(C)c2ccc(-c3ccc4oc5cc6oc7ccc(-c8ccccc8)cc7c6cc5c4c3)cc2-c2cccc[n+]2C1(CC)Cc1cc2ccccc2c2c3ccccc3cc[n+]12. The average molecular weight is 827 g/mol. The molecule has 306 valence electrons. The molecule has 0 saturated carbocycles. The van der Waals surface area contributed by atoms with Crippen molar-refractivity contribution in [2.45, 2.75) is 51.0 Å². The topological polar surface area (TPSA) is 34.3 Å². The molecule has 0 bridgehead atoms. The minimum absolute atomic E-state index is 0.187. The van der Waals surface area contributed by atoms with Gasteiger partial charge in [-0.15, -0.1) is 0 Å². The molecule has 64 heavy (non-hydrogen) atoms. The van der Waals surface area contributed by atoms with Gasteiger partial charge in [0.25, 0.3) is 0 Å². The Hall–Kier alpha value is -7.56. The molecule has 4 nitrogen and oxygen atoms in total. The third-order valence-corrected chi connectivity index (χ3v) is 15.2. The molecule has 0 fully saturated rings. The van der Waals surface area contributed by atoms with Crippen molar-refractivity contribution in [1.29, 1.82) is 0 Å². The van der Waals surface area contributed by atoms with Crippen molar-refractivity contribution in [3.63, 3.8) is 0 Å². The Balaban J connectivity index is 0.951. The van der Waals surface area contributed by atoms with Crippen molar-refractivity contribution >= 4 is 70.9 Å². The fourth-order valence-electron chi connectivity index (χ4n) is 11.7. The monoisotopic (exact) mass is 826 g/mol. The van der Waals surface area contributed by atoms with Crippen LogP contribution in [0.25, 0.3) is 104 Å². The van der Waals surface area contributed by atoms with Crippen LogP contribution in [0.2, 0.25) is 0 Å². The summed E-state index contributed by atoms with van der Waals surface area (Å²) in [5, 5.41) is 9.50. The second-order valence-corrected chi connectivity index (χ2v) is 18.1. The quantitative estimate of drug-likeness (QED) is 0.124. The van der Waals surface area contributed by atoms with Crippen molar-refractivity contribution in [1.82, 2.24) is 0 Å². The zero-order chi connectivity index (χ0) is 42.7. The van der Waals surface area contributed by atoms with Crippen LogP contribution in [0.1, 0.15) is 44.9 Å². The smallest absolute Gasteiger partial charge is 0.226 e. The van der Waals surface area contributed by atoms with Crippen LogP contribution < -0.4 is 8.97 Å². The minimum atomic E-state index is -0.250. The summed E-state index contributed by atoms with van der Waals surface area (Å²) < 4.78 is 18.0. The van der Waals surface area contributed by atoms with Crippen LogP contribution in [0.3, 0.4) is 0 Å². The minimum Gasteiger partial charge on any atom is -0.456 e. The van der Waals surface area contributed by atoms with E-state index in [0.29, 0.717) is 0 Å². The highest BCUT2D eigenvalue weighted by Crippen LogP contribution is 2.52. The Kier molecular flexibility index (Phi) is 7.94. The normalized spacial score (nSPS) is 17.3.